The first kappa shape index (κ1) is 11.2. The Hall–Kier alpha value is -1.85. The van der Waals surface area contributed by atoms with Crippen molar-refractivity contribution in [1.82, 2.24) is 9.97 Å². The molecule has 82 valence electrons. The van der Waals surface area contributed by atoms with Gasteiger partial charge in [-0.15, -0.1) is 0 Å². The summed E-state index contributed by atoms with van der Waals surface area (Å²) in [5.74, 6) is -0.615. The van der Waals surface area contributed by atoms with Crippen molar-refractivity contribution in [3.63, 3.8) is 0 Å². The van der Waals surface area contributed by atoms with E-state index in [0.717, 1.165) is 0 Å². The molecule has 0 saturated heterocycles. The highest BCUT2D eigenvalue weighted by atomic mass is 16.5. The Balaban J connectivity index is 3.23. The molecule has 0 aliphatic heterocycles. The van der Waals surface area contributed by atoms with Crippen LogP contribution in [0, 0.1) is 0 Å². The van der Waals surface area contributed by atoms with Crippen LogP contribution in [0.15, 0.2) is 0 Å². The van der Waals surface area contributed by atoms with Gasteiger partial charge in [0.15, 0.2) is 0 Å². The lowest BCUT2D eigenvalue weighted by Gasteiger charge is -2.10. The van der Waals surface area contributed by atoms with Crippen LogP contribution >= 0.6 is 0 Å². The van der Waals surface area contributed by atoms with Crippen molar-refractivity contribution >= 4 is 11.9 Å². The number of methoxy groups -OCH3 is 1. The zero-order valence-electron chi connectivity index (χ0n) is 8.65. The summed E-state index contributed by atoms with van der Waals surface area (Å²) in [4.78, 5) is 18.5. The van der Waals surface area contributed by atoms with E-state index in [1.54, 1.807) is 0 Å². The van der Waals surface area contributed by atoms with Gasteiger partial charge in [-0.3, -0.25) is 4.79 Å². The van der Waals surface area contributed by atoms with Gasteiger partial charge in [0.1, 0.15) is 0 Å². The number of carboxylic acid groups (broad SMARTS) is 1. The van der Waals surface area contributed by atoms with Crippen LogP contribution in [0.2, 0.25) is 0 Å². The molecule has 0 aliphatic carbocycles. The predicted molar refractivity (Wildman–Crippen MR) is 53.7 cm³/mol. The minimum absolute atomic E-state index is 0.0952. The number of aliphatic carboxylic acids is 1. The molecule has 0 unspecified atom stereocenters. The number of ether oxygens (including phenoxy) is 1. The van der Waals surface area contributed by atoms with Crippen LogP contribution in [-0.2, 0) is 17.6 Å². The first-order chi connectivity index (χ1) is 7.08. The summed E-state index contributed by atoms with van der Waals surface area (Å²) >= 11 is 0. The lowest BCUT2D eigenvalue weighted by Crippen LogP contribution is -2.11. The summed E-state index contributed by atoms with van der Waals surface area (Å²) in [6, 6.07) is 0. The number of nitrogens with zero attached hydrogens (tertiary/aromatic N) is 2. The molecule has 6 heteroatoms. The average molecular weight is 211 g/mol. The summed E-state index contributed by atoms with van der Waals surface area (Å²) in [7, 11) is 1.42. The third-order valence-corrected chi connectivity index (χ3v) is 1.93. The topological polar surface area (TPSA) is 98.3 Å². The second kappa shape index (κ2) is 4.59. The van der Waals surface area contributed by atoms with Crippen LogP contribution in [0.3, 0.4) is 0 Å². The SMILES string of the molecule is CCc1nc(N)nc(OC)c1CC(=O)O. The lowest BCUT2D eigenvalue weighted by molar-refractivity contribution is -0.136. The Morgan fingerprint density at radius 1 is 1.53 bits per heavy atom. The van der Waals surface area contributed by atoms with Gasteiger partial charge in [0.25, 0.3) is 0 Å². The van der Waals surface area contributed by atoms with Crippen LogP contribution in [0.25, 0.3) is 0 Å². The van der Waals surface area contributed by atoms with Crippen molar-refractivity contribution < 1.29 is 14.6 Å². The van der Waals surface area contributed by atoms with Crippen LogP contribution in [-0.4, -0.2) is 28.2 Å². The molecule has 0 amide bonds. The number of nitrogens with two attached hydrogens (primary N) is 1. The highest BCUT2D eigenvalue weighted by Crippen LogP contribution is 2.20. The molecule has 0 aliphatic rings. The molecule has 0 bridgehead atoms. The molecule has 1 heterocycles. The summed E-state index contributed by atoms with van der Waals surface area (Å²) < 4.78 is 4.98. The Morgan fingerprint density at radius 2 is 2.20 bits per heavy atom. The molecular formula is C9H13N3O3. The van der Waals surface area contributed by atoms with Crippen molar-refractivity contribution in [3.05, 3.63) is 11.3 Å². The second-order valence-corrected chi connectivity index (χ2v) is 2.94. The maximum atomic E-state index is 10.6. The molecule has 1 aromatic heterocycles. The fourth-order valence-corrected chi connectivity index (χ4v) is 1.32. The van der Waals surface area contributed by atoms with Gasteiger partial charge < -0.3 is 15.6 Å². The third-order valence-electron chi connectivity index (χ3n) is 1.93. The first-order valence-corrected chi connectivity index (χ1v) is 4.49. The number of rotatable bonds is 4. The van der Waals surface area contributed by atoms with Crippen LogP contribution in [0.4, 0.5) is 5.95 Å². The smallest absolute Gasteiger partial charge is 0.308 e. The molecule has 0 spiro atoms. The monoisotopic (exact) mass is 211 g/mol. The predicted octanol–water partition coefficient (Wildman–Crippen LogP) is 0.257. The Bertz CT molecular complexity index is 354. The van der Waals surface area contributed by atoms with E-state index < -0.39 is 5.97 Å². The summed E-state index contributed by atoms with van der Waals surface area (Å²) in [5, 5.41) is 8.73. The van der Waals surface area contributed by atoms with Gasteiger partial charge in [0, 0.05) is 5.56 Å². The lowest BCUT2D eigenvalue weighted by atomic mass is 10.1. The number of nitrogen functional groups attached to an aromatic ring is 1. The van der Waals surface area contributed by atoms with Crippen LogP contribution in [0.5, 0.6) is 5.88 Å². The highest BCUT2D eigenvalue weighted by molar-refractivity contribution is 5.71. The van der Waals surface area contributed by atoms with E-state index in [1.807, 2.05) is 6.92 Å². The summed E-state index contributed by atoms with van der Waals surface area (Å²) in [5.41, 5.74) is 6.56. The summed E-state index contributed by atoms with van der Waals surface area (Å²) in [6.07, 6.45) is 0.429. The van der Waals surface area contributed by atoms with Gasteiger partial charge in [-0.25, -0.2) is 4.98 Å². The molecule has 0 radical (unpaired) electrons. The first-order valence-electron chi connectivity index (χ1n) is 4.49. The standard InChI is InChI=1S/C9H13N3O3/c1-3-6-5(4-7(13)14)8(15-2)12-9(10)11-6/h3-4H2,1-2H3,(H,13,14)(H2,10,11,12). The minimum atomic E-state index is -0.948. The molecular weight excluding hydrogens is 198 g/mol. The Morgan fingerprint density at radius 3 is 2.67 bits per heavy atom. The zero-order valence-corrected chi connectivity index (χ0v) is 8.65. The van der Waals surface area contributed by atoms with Crippen molar-refractivity contribution in [1.29, 1.82) is 0 Å². The molecule has 6 nitrogen and oxygen atoms in total. The average Bonchev–Trinajstić information content (AvgIpc) is 2.19. The highest BCUT2D eigenvalue weighted by Gasteiger charge is 2.15. The number of hydrogen-bond donors (Lipinski definition) is 2. The van der Waals surface area contributed by atoms with Gasteiger partial charge in [-0.1, -0.05) is 6.92 Å². The maximum absolute atomic E-state index is 10.6. The number of anilines is 1. The maximum Gasteiger partial charge on any atom is 0.308 e. The Kier molecular flexibility index (Phi) is 3.43. The number of aryl methyl sites for hydroxylation is 1. The normalized spacial score (nSPS) is 10.0. The van der Waals surface area contributed by atoms with E-state index in [2.05, 4.69) is 9.97 Å². The van der Waals surface area contributed by atoms with E-state index in [4.69, 9.17) is 15.6 Å². The number of carboxylic acids is 1. The summed E-state index contributed by atoms with van der Waals surface area (Å²) in [6.45, 7) is 1.87. The largest absolute Gasteiger partial charge is 0.481 e. The van der Waals surface area contributed by atoms with Gasteiger partial charge in [0.2, 0.25) is 11.8 Å². The van der Waals surface area contributed by atoms with Crippen molar-refractivity contribution in [2.75, 3.05) is 12.8 Å². The van der Waals surface area contributed by atoms with E-state index in [9.17, 15) is 4.79 Å². The van der Waals surface area contributed by atoms with E-state index >= 15 is 0 Å². The van der Waals surface area contributed by atoms with Crippen molar-refractivity contribution in [2.24, 2.45) is 0 Å². The molecule has 1 rings (SSSR count). The van der Waals surface area contributed by atoms with E-state index in [-0.39, 0.29) is 18.2 Å². The minimum Gasteiger partial charge on any atom is -0.481 e. The number of carbonyl (C=O) groups is 1. The number of aromatic nitrogens is 2. The Labute approximate surface area is 87.1 Å². The molecule has 0 saturated carbocycles. The third kappa shape index (κ3) is 2.55. The van der Waals surface area contributed by atoms with E-state index in [0.29, 0.717) is 17.7 Å². The second-order valence-electron chi connectivity index (χ2n) is 2.94. The molecule has 3 N–H and O–H groups in total. The fourth-order valence-electron chi connectivity index (χ4n) is 1.32. The van der Waals surface area contributed by atoms with Gasteiger partial charge in [-0.2, -0.15) is 4.98 Å². The molecule has 0 aromatic carbocycles. The van der Waals surface area contributed by atoms with Crippen LogP contribution in [0.1, 0.15) is 18.2 Å². The molecule has 0 fully saturated rings. The molecule has 0 atom stereocenters. The van der Waals surface area contributed by atoms with Crippen LogP contribution < -0.4 is 10.5 Å². The van der Waals surface area contributed by atoms with Gasteiger partial charge >= 0.3 is 5.97 Å². The van der Waals surface area contributed by atoms with Gasteiger partial charge in [-0.05, 0) is 6.42 Å². The quantitative estimate of drug-likeness (QED) is 0.741. The van der Waals surface area contributed by atoms with Gasteiger partial charge in [0.05, 0.1) is 19.2 Å². The van der Waals surface area contributed by atoms with E-state index in [1.165, 1.54) is 7.11 Å². The van der Waals surface area contributed by atoms with Crippen molar-refractivity contribution in [3.8, 4) is 5.88 Å². The molecule has 15 heavy (non-hydrogen) atoms. The molecule has 1 aromatic rings. The van der Waals surface area contributed by atoms with Crippen molar-refractivity contribution in [2.45, 2.75) is 19.8 Å². The fraction of sp³-hybridized carbons (Fsp3) is 0.444. The number of hydrogen-bond acceptors (Lipinski definition) is 5. The zero-order chi connectivity index (χ0) is 11.4.